The van der Waals surface area contributed by atoms with Crippen LogP contribution in [0.5, 0.6) is 0 Å². The highest BCUT2D eigenvalue weighted by Gasteiger charge is 2.36. The lowest BCUT2D eigenvalue weighted by Gasteiger charge is -2.32. The van der Waals surface area contributed by atoms with Crippen LogP contribution in [0.2, 0.25) is 0 Å². The molecule has 168 valence electrons. The highest BCUT2D eigenvalue weighted by atomic mass is 32.2. The molecule has 32 heavy (non-hydrogen) atoms. The average Bonchev–Trinajstić information content (AvgIpc) is 3.02. The quantitative estimate of drug-likeness (QED) is 0.709. The van der Waals surface area contributed by atoms with E-state index in [0.717, 1.165) is 22.3 Å². The van der Waals surface area contributed by atoms with Gasteiger partial charge in [-0.3, -0.25) is 4.79 Å². The number of amides is 1. The minimum Gasteiger partial charge on any atom is -0.381 e. The Morgan fingerprint density at radius 3 is 2.53 bits per heavy atom. The molecule has 2 aromatic carbocycles. The van der Waals surface area contributed by atoms with E-state index in [4.69, 9.17) is 10.5 Å². The fraction of sp³-hybridized carbons (Fsp3) is 0.391. The normalized spacial score (nSPS) is 20.2. The molecule has 0 aliphatic carbocycles. The zero-order valence-electron chi connectivity index (χ0n) is 17.9. The first-order chi connectivity index (χ1) is 15.2. The average molecular weight is 455 g/mol. The zero-order valence-corrected chi connectivity index (χ0v) is 18.7. The van der Waals surface area contributed by atoms with Crippen molar-refractivity contribution in [2.24, 2.45) is 5.73 Å². The van der Waals surface area contributed by atoms with Gasteiger partial charge < -0.3 is 15.8 Å². The summed E-state index contributed by atoms with van der Waals surface area (Å²) in [5, 5.41) is 12.4. The maximum atomic E-state index is 12.5. The summed E-state index contributed by atoms with van der Waals surface area (Å²) >= 11 is 0. The largest absolute Gasteiger partial charge is 0.381 e. The van der Waals surface area contributed by atoms with Gasteiger partial charge in [0.05, 0.1) is 22.4 Å². The molecule has 0 unspecified atom stereocenters. The van der Waals surface area contributed by atoms with Crippen LogP contribution in [0.4, 0.5) is 0 Å². The number of hydrogen-bond acceptors (Lipinski definition) is 6. The molecule has 0 saturated carbocycles. The van der Waals surface area contributed by atoms with Gasteiger partial charge in [-0.15, -0.1) is 0 Å². The lowest BCUT2D eigenvalue weighted by atomic mass is 9.90. The van der Waals surface area contributed by atoms with E-state index in [1.54, 1.807) is 19.2 Å². The van der Waals surface area contributed by atoms with E-state index < -0.39 is 21.5 Å². The molecule has 3 N–H and O–H groups in total. The Balaban J connectivity index is 1.45. The van der Waals surface area contributed by atoms with Crippen LogP contribution in [0.25, 0.3) is 11.1 Å². The van der Waals surface area contributed by atoms with Gasteiger partial charge in [0.2, 0.25) is 15.9 Å². The second-order valence-corrected chi connectivity index (χ2v) is 10.4. The summed E-state index contributed by atoms with van der Waals surface area (Å²) in [6, 6.07) is 15.1. The number of carbonyl (C=O) groups is 1. The molecule has 0 radical (unpaired) electrons. The summed E-state index contributed by atoms with van der Waals surface area (Å²) in [5.74, 6) is -0.758. The van der Waals surface area contributed by atoms with Crippen LogP contribution in [0.3, 0.4) is 0 Å². The molecule has 9 heteroatoms. The molecule has 0 spiro atoms. The third kappa shape index (κ3) is 4.14. The van der Waals surface area contributed by atoms with E-state index in [-0.39, 0.29) is 12.5 Å². The van der Waals surface area contributed by atoms with Crippen molar-refractivity contribution >= 4 is 15.9 Å². The van der Waals surface area contributed by atoms with Crippen LogP contribution in [-0.2, 0) is 26.1 Å². The van der Waals surface area contributed by atoms with Crippen LogP contribution in [0, 0.1) is 11.3 Å². The fourth-order valence-corrected chi connectivity index (χ4v) is 5.45. The minimum absolute atomic E-state index is 0.178. The second kappa shape index (κ2) is 8.64. The van der Waals surface area contributed by atoms with Crippen LogP contribution in [0.1, 0.15) is 29.9 Å². The number of ether oxygens (including phenoxy) is 1. The molecule has 2 heterocycles. The number of fused-ring (bicyclic) bond motifs is 1. The van der Waals surface area contributed by atoms with Crippen molar-refractivity contribution in [2.45, 2.75) is 35.7 Å². The molecule has 1 fully saturated rings. The van der Waals surface area contributed by atoms with Crippen molar-refractivity contribution in [1.82, 2.24) is 9.62 Å². The SMILES string of the molecule is CN1Cc2cc(-c3ccc([C@H](C#N)CNC(=O)C4(N)CCOCC4)cc3)ccc2S1(=O)=O. The summed E-state index contributed by atoms with van der Waals surface area (Å²) in [5.41, 5.74) is 8.65. The van der Waals surface area contributed by atoms with Crippen molar-refractivity contribution in [3.63, 3.8) is 0 Å². The molecule has 1 amide bonds. The predicted molar refractivity (Wildman–Crippen MR) is 119 cm³/mol. The molecule has 0 bridgehead atoms. The Bertz CT molecular complexity index is 1170. The lowest BCUT2D eigenvalue weighted by Crippen LogP contribution is -2.57. The molecular weight excluding hydrogens is 428 g/mol. The third-order valence-electron chi connectivity index (χ3n) is 6.25. The highest BCUT2D eigenvalue weighted by molar-refractivity contribution is 7.89. The monoisotopic (exact) mass is 454 g/mol. The minimum atomic E-state index is -3.38. The molecule has 2 aromatic rings. The molecule has 1 atom stereocenters. The summed E-state index contributed by atoms with van der Waals surface area (Å²) in [6.45, 7) is 1.45. The number of nitrogens with one attached hydrogen (secondary N) is 1. The van der Waals surface area contributed by atoms with E-state index in [1.807, 2.05) is 30.3 Å². The molecule has 2 aliphatic heterocycles. The van der Waals surface area contributed by atoms with E-state index in [1.165, 1.54) is 4.31 Å². The predicted octanol–water partition coefficient (Wildman–Crippen LogP) is 1.72. The first-order valence-corrected chi connectivity index (χ1v) is 11.9. The number of rotatable bonds is 5. The first kappa shape index (κ1) is 22.4. The number of carbonyl (C=O) groups excluding carboxylic acids is 1. The highest BCUT2D eigenvalue weighted by Crippen LogP contribution is 2.33. The van der Waals surface area contributed by atoms with E-state index in [9.17, 15) is 18.5 Å². The molecule has 1 saturated heterocycles. The first-order valence-electron chi connectivity index (χ1n) is 10.5. The van der Waals surface area contributed by atoms with Crippen LogP contribution in [-0.4, -0.2) is 51.0 Å². The van der Waals surface area contributed by atoms with Gasteiger partial charge in [-0.1, -0.05) is 30.3 Å². The number of nitriles is 1. The summed E-state index contributed by atoms with van der Waals surface area (Å²) in [7, 11) is -1.82. The molecule has 2 aliphatic rings. The van der Waals surface area contributed by atoms with E-state index >= 15 is 0 Å². The number of nitrogens with two attached hydrogens (primary N) is 1. The Kier molecular flexibility index (Phi) is 6.05. The Hall–Kier alpha value is -2.77. The van der Waals surface area contributed by atoms with Crippen molar-refractivity contribution in [1.29, 1.82) is 5.26 Å². The van der Waals surface area contributed by atoms with Gasteiger partial charge in [0.15, 0.2) is 0 Å². The van der Waals surface area contributed by atoms with Crippen molar-refractivity contribution in [2.75, 3.05) is 26.8 Å². The summed E-state index contributed by atoms with van der Waals surface area (Å²) in [6.07, 6.45) is 0.922. The second-order valence-electron chi connectivity index (χ2n) is 8.37. The van der Waals surface area contributed by atoms with Gasteiger partial charge in [0, 0.05) is 33.4 Å². The van der Waals surface area contributed by atoms with Gasteiger partial charge in [0.1, 0.15) is 0 Å². The van der Waals surface area contributed by atoms with Crippen LogP contribution in [0.15, 0.2) is 47.4 Å². The zero-order chi connectivity index (χ0) is 22.9. The Labute approximate surface area is 188 Å². The molecule has 4 rings (SSSR count). The van der Waals surface area contributed by atoms with Crippen molar-refractivity contribution < 1.29 is 17.9 Å². The van der Waals surface area contributed by atoms with Gasteiger partial charge in [-0.2, -0.15) is 9.57 Å². The molecular formula is C23H26N4O4S. The number of hydrogen-bond donors (Lipinski definition) is 2. The summed E-state index contributed by atoms with van der Waals surface area (Å²) in [4.78, 5) is 12.9. The maximum Gasteiger partial charge on any atom is 0.243 e. The summed E-state index contributed by atoms with van der Waals surface area (Å²) < 4.78 is 31.1. The van der Waals surface area contributed by atoms with Crippen LogP contribution < -0.4 is 11.1 Å². The topological polar surface area (TPSA) is 126 Å². The van der Waals surface area contributed by atoms with Gasteiger partial charge in [-0.05, 0) is 47.2 Å². The Morgan fingerprint density at radius 2 is 1.88 bits per heavy atom. The smallest absolute Gasteiger partial charge is 0.243 e. The number of benzene rings is 2. The molecule has 0 aromatic heterocycles. The van der Waals surface area contributed by atoms with Gasteiger partial charge in [0.25, 0.3) is 0 Å². The fourth-order valence-electron chi connectivity index (χ4n) is 4.11. The molecule has 8 nitrogen and oxygen atoms in total. The maximum absolute atomic E-state index is 12.5. The number of sulfonamides is 1. The van der Waals surface area contributed by atoms with Gasteiger partial charge in [-0.25, -0.2) is 8.42 Å². The standard InChI is InChI=1S/C23H26N4O4S/c1-27-15-19-12-18(6-7-21(19)32(27,29)30)16-2-4-17(5-3-16)20(13-24)14-26-22(28)23(25)8-10-31-11-9-23/h2-7,12,20H,8-11,14-15,25H2,1H3,(H,26,28)/t20-/m1/s1. The van der Waals surface area contributed by atoms with E-state index in [0.29, 0.717) is 37.5 Å². The van der Waals surface area contributed by atoms with Gasteiger partial charge >= 0.3 is 0 Å². The Morgan fingerprint density at radius 1 is 1.22 bits per heavy atom. The number of nitrogens with zero attached hydrogens (tertiary/aromatic N) is 2. The van der Waals surface area contributed by atoms with Crippen LogP contribution >= 0.6 is 0 Å². The third-order valence-corrected chi connectivity index (χ3v) is 8.15. The van der Waals surface area contributed by atoms with E-state index in [2.05, 4.69) is 11.4 Å². The lowest BCUT2D eigenvalue weighted by molar-refractivity contribution is -0.129. The van der Waals surface area contributed by atoms with Crippen molar-refractivity contribution in [3.05, 3.63) is 53.6 Å². The van der Waals surface area contributed by atoms with Crippen molar-refractivity contribution in [3.8, 4) is 17.2 Å².